The van der Waals surface area contributed by atoms with Crippen LogP contribution in [0.2, 0.25) is 0 Å². The molecule has 0 unspecified atom stereocenters. The molecule has 0 saturated carbocycles. The SMILES string of the molecule is CCOC(=O)c1sc(NC(=O)c2ccccc2-c2ccc(C(F)(F)F)cc2)nc1-c1ccccc1. The Bertz CT molecular complexity index is 1350. The fraction of sp³-hybridized carbons (Fsp3) is 0.115. The van der Waals surface area contributed by atoms with E-state index in [9.17, 15) is 22.8 Å². The van der Waals surface area contributed by atoms with Crippen LogP contribution >= 0.6 is 11.3 Å². The number of hydrogen-bond acceptors (Lipinski definition) is 5. The monoisotopic (exact) mass is 496 g/mol. The Hall–Kier alpha value is -3.98. The van der Waals surface area contributed by atoms with Gasteiger partial charge in [-0.15, -0.1) is 0 Å². The van der Waals surface area contributed by atoms with Gasteiger partial charge in [0.05, 0.1) is 17.9 Å². The Morgan fingerprint density at radius 2 is 1.57 bits per heavy atom. The minimum atomic E-state index is -4.45. The summed E-state index contributed by atoms with van der Waals surface area (Å²) in [6.07, 6.45) is -4.45. The van der Waals surface area contributed by atoms with Crippen LogP contribution in [0.3, 0.4) is 0 Å². The number of aromatic nitrogens is 1. The summed E-state index contributed by atoms with van der Waals surface area (Å²) < 4.78 is 43.9. The van der Waals surface area contributed by atoms with Crippen molar-refractivity contribution in [1.29, 1.82) is 0 Å². The summed E-state index contributed by atoms with van der Waals surface area (Å²) in [6.45, 7) is 1.88. The molecule has 1 N–H and O–H groups in total. The number of benzene rings is 3. The number of rotatable bonds is 6. The van der Waals surface area contributed by atoms with Gasteiger partial charge in [0.15, 0.2) is 5.13 Å². The highest BCUT2D eigenvalue weighted by Gasteiger charge is 2.30. The molecule has 9 heteroatoms. The van der Waals surface area contributed by atoms with E-state index in [1.54, 1.807) is 43.3 Å². The van der Waals surface area contributed by atoms with Crippen molar-refractivity contribution in [2.45, 2.75) is 13.1 Å². The average molecular weight is 497 g/mol. The number of amides is 1. The average Bonchev–Trinajstić information content (AvgIpc) is 3.28. The summed E-state index contributed by atoms with van der Waals surface area (Å²) in [5.41, 5.74) is 1.48. The highest BCUT2D eigenvalue weighted by atomic mass is 32.1. The quantitative estimate of drug-likeness (QED) is 0.294. The number of nitrogens with zero attached hydrogens (tertiary/aromatic N) is 1. The van der Waals surface area contributed by atoms with E-state index in [4.69, 9.17) is 4.74 Å². The number of halogens is 3. The number of hydrogen-bond donors (Lipinski definition) is 1. The van der Waals surface area contributed by atoms with E-state index in [2.05, 4.69) is 10.3 Å². The topological polar surface area (TPSA) is 68.3 Å². The van der Waals surface area contributed by atoms with Crippen LogP contribution in [-0.4, -0.2) is 23.5 Å². The van der Waals surface area contributed by atoms with Crippen molar-refractivity contribution in [2.24, 2.45) is 0 Å². The Balaban J connectivity index is 1.65. The number of alkyl halides is 3. The van der Waals surface area contributed by atoms with Crippen molar-refractivity contribution in [3.05, 3.63) is 94.9 Å². The smallest absolute Gasteiger partial charge is 0.416 e. The Labute approximate surface area is 203 Å². The normalized spacial score (nSPS) is 11.2. The molecule has 5 nitrogen and oxygen atoms in total. The van der Waals surface area contributed by atoms with Crippen molar-refractivity contribution in [3.63, 3.8) is 0 Å². The second kappa shape index (κ2) is 10.1. The first-order valence-electron chi connectivity index (χ1n) is 10.6. The van der Waals surface area contributed by atoms with E-state index in [0.717, 1.165) is 23.5 Å². The van der Waals surface area contributed by atoms with Gasteiger partial charge >= 0.3 is 12.1 Å². The van der Waals surface area contributed by atoms with Crippen molar-refractivity contribution >= 4 is 28.3 Å². The highest BCUT2D eigenvalue weighted by molar-refractivity contribution is 7.18. The van der Waals surface area contributed by atoms with E-state index in [1.807, 2.05) is 18.2 Å². The van der Waals surface area contributed by atoms with Crippen molar-refractivity contribution in [3.8, 4) is 22.4 Å². The predicted molar refractivity (Wildman–Crippen MR) is 128 cm³/mol. The molecule has 1 heterocycles. The zero-order valence-electron chi connectivity index (χ0n) is 18.4. The van der Waals surface area contributed by atoms with Gasteiger partial charge in [0.2, 0.25) is 0 Å². The van der Waals surface area contributed by atoms with E-state index < -0.39 is 23.6 Å². The van der Waals surface area contributed by atoms with Crippen molar-refractivity contribution in [2.75, 3.05) is 11.9 Å². The zero-order valence-corrected chi connectivity index (χ0v) is 19.2. The molecule has 3 aromatic carbocycles. The number of nitrogens with one attached hydrogen (secondary N) is 1. The van der Waals surface area contributed by atoms with E-state index in [-0.39, 0.29) is 22.2 Å². The lowest BCUT2D eigenvalue weighted by atomic mass is 9.98. The molecule has 35 heavy (non-hydrogen) atoms. The van der Waals surface area contributed by atoms with Crippen LogP contribution in [0.5, 0.6) is 0 Å². The molecule has 0 aliphatic rings. The minimum absolute atomic E-state index is 0.188. The van der Waals surface area contributed by atoms with E-state index in [1.165, 1.54) is 12.1 Å². The summed E-state index contributed by atoms with van der Waals surface area (Å²) >= 11 is 0.989. The van der Waals surface area contributed by atoms with Crippen LogP contribution in [-0.2, 0) is 10.9 Å². The molecular weight excluding hydrogens is 477 g/mol. The van der Waals surface area contributed by atoms with Gasteiger partial charge in [0.25, 0.3) is 5.91 Å². The fourth-order valence-corrected chi connectivity index (χ4v) is 4.31. The summed E-state index contributed by atoms with van der Waals surface area (Å²) in [5, 5.41) is 2.91. The molecule has 0 spiro atoms. The van der Waals surface area contributed by atoms with Crippen LogP contribution < -0.4 is 5.32 Å². The molecule has 0 atom stereocenters. The number of thiazole rings is 1. The lowest BCUT2D eigenvalue weighted by molar-refractivity contribution is -0.137. The number of esters is 1. The summed E-state index contributed by atoms with van der Waals surface area (Å²) in [5.74, 6) is -1.06. The molecule has 0 fully saturated rings. The largest absolute Gasteiger partial charge is 0.462 e. The molecule has 178 valence electrons. The summed E-state index contributed by atoms with van der Waals surface area (Å²) in [7, 11) is 0. The molecular formula is C26H19F3N2O3S. The number of anilines is 1. The van der Waals surface area contributed by atoms with Gasteiger partial charge in [0, 0.05) is 11.1 Å². The summed E-state index contributed by atoms with van der Waals surface area (Å²) in [6, 6.07) is 20.2. The van der Waals surface area contributed by atoms with Gasteiger partial charge in [-0.2, -0.15) is 13.2 Å². The maximum Gasteiger partial charge on any atom is 0.416 e. The van der Waals surface area contributed by atoms with Gasteiger partial charge in [0.1, 0.15) is 4.88 Å². The maximum absolute atomic E-state index is 13.1. The van der Waals surface area contributed by atoms with Crippen LogP contribution in [0.15, 0.2) is 78.9 Å². The first-order chi connectivity index (χ1) is 16.8. The fourth-order valence-electron chi connectivity index (χ4n) is 3.44. The summed E-state index contributed by atoms with van der Waals surface area (Å²) in [4.78, 5) is 30.4. The van der Waals surface area contributed by atoms with Gasteiger partial charge in [-0.05, 0) is 36.2 Å². The molecule has 1 amide bonds. The molecule has 0 saturated heterocycles. The van der Waals surface area contributed by atoms with Gasteiger partial charge in [-0.25, -0.2) is 9.78 Å². The first-order valence-corrected chi connectivity index (χ1v) is 11.4. The lowest BCUT2D eigenvalue weighted by Gasteiger charge is -2.11. The molecule has 0 bridgehead atoms. The first kappa shape index (κ1) is 24.2. The Morgan fingerprint density at radius 3 is 2.23 bits per heavy atom. The Morgan fingerprint density at radius 1 is 0.914 bits per heavy atom. The van der Waals surface area contributed by atoms with Gasteiger partial charge < -0.3 is 4.74 Å². The standard InChI is InChI=1S/C26H19F3N2O3S/c1-2-34-24(33)22-21(17-8-4-3-5-9-17)30-25(35-22)31-23(32)20-11-7-6-10-19(20)16-12-14-18(15-13-16)26(27,28)29/h3-15H,2H2,1H3,(H,30,31,32). The van der Waals surface area contributed by atoms with Crippen LogP contribution in [0, 0.1) is 0 Å². The van der Waals surface area contributed by atoms with Crippen LogP contribution in [0.25, 0.3) is 22.4 Å². The molecule has 0 radical (unpaired) electrons. The number of ether oxygens (including phenoxy) is 1. The zero-order chi connectivity index (χ0) is 25.0. The van der Waals surface area contributed by atoms with E-state index in [0.29, 0.717) is 22.4 Å². The maximum atomic E-state index is 13.1. The number of carbonyl (C=O) groups is 2. The van der Waals surface area contributed by atoms with E-state index >= 15 is 0 Å². The second-order valence-corrected chi connectivity index (χ2v) is 8.36. The molecule has 0 aliphatic carbocycles. The highest BCUT2D eigenvalue weighted by Crippen LogP contribution is 2.34. The van der Waals surface area contributed by atoms with Gasteiger partial charge in [-0.1, -0.05) is 72.0 Å². The van der Waals surface area contributed by atoms with Crippen LogP contribution in [0.1, 0.15) is 32.5 Å². The number of carbonyl (C=O) groups excluding carboxylic acids is 2. The van der Waals surface area contributed by atoms with Crippen LogP contribution in [0.4, 0.5) is 18.3 Å². The molecule has 4 aromatic rings. The molecule has 0 aliphatic heterocycles. The third-order valence-electron chi connectivity index (χ3n) is 5.05. The molecule has 1 aromatic heterocycles. The van der Waals surface area contributed by atoms with Crippen molar-refractivity contribution < 1.29 is 27.5 Å². The lowest BCUT2D eigenvalue weighted by Crippen LogP contribution is -2.13. The Kier molecular flexibility index (Phi) is 6.97. The third kappa shape index (κ3) is 5.41. The third-order valence-corrected chi connectivity index (χ3v) is 6.00. The predicted octanol–water partition coefficient (Wildman–Crippen LogP) is 6.92. The van der Waals surface area contributed by atoms with Gasteiger partial charge in [-0.3, -0.25) is 10.1 Å². The minimum Gasteiger partial charge on any atom is -0.462 e. The van der Waals surface area contributed by atoms with Crippen molar-refractivity contribution in [1.82, 2.24) is 4.98 Å². The second-order valence-electron chi connectivity index (χ2n) is 7.36. The molecule has 4 rings (SSSR count).